The summed E-state index contributed by atoms with van der Waals surface area (Å²) in [5, 5.41) is 4.25. The lowest BCUT2D eigenvalue weighted by molar-refractivity contribution is 0.593. The van der Waals surface area contributed by atoms with Crippen molar-refractivity contribution in [1.29, 1.82) is 0 Å². The van der Waals surface area contributed by atoms with Crippen LogP contribution in [0.15, 0.2) is 29.8 Å². The van der Waals surface area contributed by atoms with E-state index in [9.17, 15) is 0 Å². The van der Waals surface area contributed by atoms with Crippen molar-refractivity contribution in [2.45, 2.75) is 38.6 Å². The van der Waals surface area contributed by atoms with E-state index in [1.807, 2.05) is 13.1 Å². The molecule has 1 atom stereocenters. The van der Waals surface area contributed by atoms with E-state index >= 15 is 0 Å². The first-order valence-electron chi connectivity index (χ1n) is 6.34. The molecule has 0 bridgehead atoms. The smallest absolute Gasteiger partial charge is 0.0534 e. The van der Waals surface area contributed by atoms with E-state index in [1.54, 1.807) is 0 Å². The molecule has 0 spiro atoms. The number of hydrogen-bond acceptors (Lipinski definition) is 1. The summed E-state index contributed by atoms with van der Waals surface area (Å²) in [4.78, 5) is 0. The molecule has 0 amide bonds. The largest absolute Gasteiger partial charge is 0.310 e. The van der Waals surface area contributed by atoms with Gasteiger partial charge in [0.2, 0.25) is 0 Å². The molecule has 1 aromatic carbocycles. The monoisotopic (exact) mass is 249 g/mol. The second-order valence-electron chi connectivity index (χ2n) is 4.81. The molecule has 0 aliphatic heterocycles. The van der Waals surface area contributed by atoms with Crippen LogP contribution in [0.4, 0.5) is 0 Å². The van der Waals surface area contributed by atoms with Crippen LogP contribution in [0.25, 0.3) is 0 Å². The second kappa shape index (κ2) is 5.70. The number of benzene rings is 1. The normalized spacial score (nSPS) is 17.7. The van der Waals surface area contributed by atoms with E-state index in [0.717, 1.165) is 5.02 Å². The first kappa shape index (κ1) is 12.7. The summed E-state index contributed by atoms with van der Waals surface area (Å²) in [5.41, 5.74) is 4.02. The van der Waals surface area contributed by atoms with E-state index in [4.69, 9.17) is 11.6 Å². The molecule has 0 saturated carbocycles. The Morgan fingerprint density at radius 2 is 2.06 bits per heavy atom. The highest BCUT2D eigenvalue weighted by atomic mass is 35.5. The highest BCUT2D eigenvalue weighted by Gasteiger charge is 2.16. The van der Waals surface area contributed by atoms with Crippen molar-refractivity contribution in [2.75, 3.05) is 7.05 Å². The Labute approximate surface area is 109 Å². The maximum absolute atomic E-state index is 6.14. The van der Waals surface area contributed by atoms with Crippen molar-refractivity contribution in [3.8, 4) is 0 Å². The molecule has 1 nitrogen and oxygen atoms in total. The molecular weight excluding hydrogens is 230 g/mol. The third-order valence-corrected chi connectivity index (χ3v) is 3.60. The molecule has 92 valence electrons. The van der Waals surface area contributed by atoms with Crippen LogP contribution in [-0.4, -0.2) is 7.05 Å². The molecule has 0 heterocycles. The summed E-state index contributed by atoms with van der Waals surface area (Å²) in [6, 6.07) is 6.63. The van der Waals surface area contributed by atoms with Crippen molar-refractivity contribution in [2.24, 2.45) is 0 Å². The maximum Gasteiger partial charge on any atom is 0.0534 e. The lowest BCUT2D eigenvalue weighted by atomic mass is 9.89. The second-order valence-corrected chi connectivity index (χ2v) is 5.24. The van der Waals surface area contributed by atoms with E-state index in [-0.39, 0.29) is 0 Å². The molecular formula is C15H20ClN. The van der Waals surface area contributed by atoms with Crippen molar-refractivity contribution in [3.63, 3.8) is 0 Å². The van der Waals surface area contributed by atoms with Crippen LogP contribution < -0.4 is 5.32 Å². The van der Waals surface area contributed by atoms with Gasteiger partial charge in [-0.3, -0.25) is 0 Å². The zero-order valence-electron chi connectivity index (χ0n) is 10.6. The molecule has 17 heavy (non-hydrogen) atoms. The molecule has 1 N–H and O–H groups in total. The van der Waals surface area contributed by atoms with Crippen molar-refractivity contribution in [1.82, 2.24) is 5.32 Å². The minimum atomic E-state index is 0.327. The summed E-state index contributed by atoms with van der Waals surface area (Å²) in [6.07, 6.45) is 7.45. The molecule has 2 heteroatoms. The Kier molecular flexibility index (Phi) is 4.25. The van der Waals surface area contributed by atoms with Gasteiger partial charge in [-0.05, 0) is 62.9 Å². The van der Waals surface area contributed by atoms with Gasteiger partial charge in [0.15, 0.2) is 0 Å². The highest BCUT2D eigenvalue weighted by Crippen LogP contribution is 2.31. The summed E-state index contributed by atoms with van der Waals surface area (Å²) in [7, 11) is 2.02. The number of halogens is 1. The molecule has 1 unspecified atom stereocenters. The molecule has 0 fully saturated rings. The van der Waals surface area contributed by atoms with Gasteiger partial charge in [0.25, 0.3) is 0 Å². The van der Waals surface area contributed by atoms with Crippen LogP contribution >= 0.6 is 11.6 Å². The van der Waals surface area contributed by atoms with Gasteiger partial charge >= 0.3 is 0 Å². The van der Waals surface area contributed by atoms with Crippen LogP contribution in [0.3, 0.4) is 0 Å². The zero-order valence-corrected chi connectivity index (χ0v) is 11.3. The van der Waals surface area contributed by atoms with Gasteiger partial charge in [-0.25, -0.2) is 0 Å². The molecule has 2 rings (SSSR count). The van der Waals surface area contributed by atoms with Crippen LogP contribution in [0.5, 0.6) is 0 Å². The summed E-state index contributed by atoms with van der Waals surface area (Å²) in [6.45, 7) is 2.09. The summed E-state index contributed by atoms with van der Waals surface area (Å²) < 4.78 is 0. The van der Waals surface area contributed by atoms with Crippen LogP contribution in [-0.2, 0) is 0 Å². The third kappa shape index (κ3) is 3.11. The minimum Gasteiger partial charge on any atom is -0.310 e. The fourth-order valence-electron chi connectivity index (χ4n) is 2.62. The standard InChI is InChI=1S/C15H20ClN/c1-11-8-13(10-14(16)9-11)15(17-2)12-6-4-3-5-7-12/h6,8-10,15,17H,3-5,7H2,1-2H3. The topological polar surface area (TPSA) is 12.0 Å². The predicted octanol–water partition coefficient (Wildman–Crippen LogP) is 4.41. The molecule has 1 aromatic rings. The Morgan fingerprint density at radius 1 is 1.24 bits per heavy atom. The average molecular weight is 250 g/mol. The van der Waals surface area contributed by atoms with Gasteiger partial charge in [-0.2, -0.15) is 0 Å². The Hall–Kier alpha value is -0.790. The van der Waals surface area contributed by atoms with E-state index < -0.39 is 0 Å². The SMILES string of the molecule is CNC(C1=CCCCC1)c1cc(C)cc(Cl)c1. The van der Waals surface area contributed by atoms with Gasteiger partial charge in [-0.15, -0.1) is 0 Å². The molecule has 1 aliphatic rings. The highest BCUT2D eigenvalue weighted by molar-refractivity contribution is 6.30. The fraction of sp³-hybridized carbons (Fsp3) is 0.467. The lowest BCUT2D eigenvalue weighted by Crippen LogP contribution is -2.20. The number of likely N-dealkylation sites (N-methyl/N-ethyl adjacent to an activating group) is 1. The lowest BCUT2D eigenvalue weighted by Gasteiger charge is -2.24. The van der Waals surface area contributed by atoms with Crippen molar-refractivity contribution < 1.29 is 0 Å². The van der Waals surface area contributed by atoms with E-state index in [0.29, 0.717) is 6.04 Å². The van der Waals surface area contributed by atoms with Crippen LogP contribution in [0.1, 0.15) is 42.9 Å². The van der Waals surface area contributed by atoms with Gasteiger partial charge in [0.1, 0.15) is 0 Å². The van der Waals surface area contributed by atoms with E-state index in [2.05, 4.69) is 30.4 Å². The number of aryl methyl sites for hydroxylation is 1. The Balaban J connectivity index is 2.31. The first-order valence-corrected chi connectivity index (χ1v) is 6.72. The summed E-state index contributed by atoms with van der Waals surface area (Å²) >= 11 is 6.14. The van der Waals surface area contributed by atoms with Crippen molar-refractivity contribution in [3.05, 3.63) is 46.0 Å². The number of allylic oxidation sites excluding steroid dienone is 1. The van der Waals surface area contributed by atoms with Gasteiger partial charge < -0.3 is 5.32 Å². The molecule has 0 aromatic heterocycles. The number of hydrogen-bond donors (Lipinski definition) is 1. The molecule has 0 saturated heterocycles. The van der Waals surface area contributed by atoms with Gasteiger partial charge in [0, 0.05) is 5.02 Å². The maximum atomic E-state index is 6.14. The fourth-order valence-corrected chi connectivity index (χ4v) is 2.92. The summed E-state index contributed by atoms with van der Waals surface area (Å²) in [5.74, 6) is 0. The van der Waals surface area contributed by atoms with Crippen molar-refractivity contribution >= 4 is 11.6 Å². The molecule has 1 aliphatic carbocycles. The molecule has 0 radical (unpaired) electrons. The van der Waals surface area contributed by atoms with Gasteiger partial charge in [-0.1, -0.05) is 29.3 Å². The number of nitrogens with one attached hydrogen (secondary N) is 1. The van der Waals surface area contributed by atoms with Gasteiger partial charge in [0.05, 0.1) is 6.04 Å². The quantitative estimate of drug-likeness (QED) is 0.783. The third-order valence-electron chi connectivity index (χ3n) is 3.38. The van der Waals surface area contributed by atoms with Crippen LogP contribution in [0.2, 0.25) is 5.02 Å². The zero-order chi connectivity index (χ0) is 12.3. The number of rotatable bonds is 3. The first-order chi connectivity index (χ1) is 8.20. The Morgan fingerprint density at radius 3 is 2.65 bits per heavy atom. The average Bonchev–Trinajstić information content (AvgIpc) is 2.30. The minimum absolute atomic E-state index is 0.327. The van der Waals surface area contributed by atoms with E-state index in [1.165, 1.54) is 42.4 Å². The predicted molar refractivity (Wildman–Crippen MR) is 74.5 cm³/mol. The van der Waals surface area contributed by atoms with Crippen LogP contribution in [0, 0.1) is 6.92 Å². The Bertz CT molecular complexity index is 403.